The Morgan fingerprint density at radius 1 is 0.909 bits per heavy atom. The summed E-state index contributed by atoms with van der Waals surface area (Å²) >= 11 is 0. The van der Waals surface area contributed by atoms with Gasteiger partial charge in [-0.1, -0.05) is 56.3 Å². The van der Waals surface area contributed by atoms with Crippen LogP contribution >= 0.6 is 0 Å². The zero-order valence-corrected chi connectivity index (χ0v) is 21.2. The molecule has 0 saturated heterocycles. The Balaban J connectivity index is 1.73. The van der Waals surface area contributed by atoms with Crippen molar-refractivity contribution in [1.29, 1.82) is 0 Å². The molecule has 4 nitrogen and oxygen atoms in total. The Labute approximate surface area is 199 Å². The molecule has 1 aliphatic carbocycles. The molecular weight excluding hydrogens is 404 g/mol. The Morgan fingerprint density at radius 3 is 2.27 bits per heavy atom. The van der Waals surface area contributed by atoms with Gasteiger partial charge in [-0.15, -0.1) is 0 Å². The molecule has 4 rings (SSSR count). The van der Waals surface area contributed by atoms with Crippen molar-refractivity contribution in [1.82, 2.24) is 14.9 Å². The van der Waals surface area contributed by atoms with Crippen LogP contribution in [0.5, 0.6) is 0 Å². The van der Waals surface area contributed by atoms with Crippen LogP contribution < -0.4 is 4.90 Å². The third kappa shape index (κ3) is 4.67. The van der Waals surface area contributed by atoms with Crippen LogP contribution in [0.15, 0.2) is 42.5 Å². The molecular formula is C29H38N4. The SMILES string of the molecule is CCc1cccc(CC)c1-c1nc(C)c(CN(C)[C@H]2CCCc3ccccc32)c(N(C)C)n1. The van der Waals surface area contributed by atoms with E-state index in [9.17, 15) is 0 Å². The molecule has 1 heterocycles. The lowest BCUT2D eigenvalue weighted by Gasteiger charge is -2.34. The van der Waals surface area contributed by atoms with Gasteiger partial charge in [0.2, 0.25) is 0 Å². The van der Waals surface area contributed by atoms with Crippen LogP contribution in [0.25, 0.3) is 11.4 Å². The molecule has 1 aliphatic rings. The maximum Gasteiger partial charge on any atom is 0.162 e. The Bertz CT molecular complexity index is 1100. The minimum Gasteiger partial charge on any atom is -0.362 e. The van der Waals surface area contributed by atoms with Gasteiger partial charge in [-0.2, -0.15) is 0 Å². The Hall–Kier alpha value is -2.72. The number of aromatic nitrogens is 2. The second-order valence-electron chi connectivity index (χ2n) is 9.51. The van der Waals surface area contributed by atoms with Crippen molar-refractivity contribution in [2.24, 2.45) is 0 Å². The van der Waals surface area contributed by atoms with Crippen molar-refractivity contribution < 1.29 is 0 Å². The number of hydrogen-bond donors (Lipinski definition) is 0. The van der Waals surface area contributed by atoms with E-state index in [-0.39, 0.29) is 0 Å². The lowest BCUT2D eigenvalue weighted by molar-refractivity contribution is 0.212. The molecule has 33 heavy (non-hydrogen) atoms. The van der Waals surface area contributed by atoms with Gasteiger partial charge in [0.15, 0.2) is 5.82 Å². The average Bonchev–Trinajstić information content (AvgIpc) is 2.83. The molecule has 0 saturated carbocycles. The second kappa shape index (κ2) is 10.0. The average molecular weight is 443 g/mol. The predicted octanol–water partition coefficient (Wildman–Crippen LogP) is 6.15. The van der Waals surface area contributed by atoms with Crippen LogP contribution in [0.2, 0.25) is 0 Å². The minimum absolute atomic E-state index is 0.441. The second-order valence-corrected chi connectivity index (χ2v) is 9.51. The van der Waals surface area contributed by atoms with Gasteiger partial charge in [0.05, 0.1) is 0 Å². The van der Waals surface area contributed by atoms with Crippen molar-refractivity contribution in [3.63, 3.8) is 0 Å². The molecule has 0 amide bonds. The normalized spacial score (nSPS) is 15.5. The molecule has 1 aromatic heterocycles. The van der Waals surface area contributed by atoms with E-state index in [0.717, 1.165) is 36.7 Å². The van der Waals surface area contributed by atoms with Crippen LogP contribution in [-0.2, 0) is 25.8 Å². The number of fused-ring (bicyclic) bond motifs is 1. The lowest BCUT2D eigenvalue weighted by Crippen LogP contribution is -2.29. The molecule has 174 valence electrons. The monoisotopic (exact) mass is 442 g/mol. The summed E-state index contributed by atoms with van der Waals surface area (Å²) in [7, 11) is 6.44. The van der Waals surface area contributed by atoms with Crippen LogP contribution in [0.3, 0.4) is 0 Å². The number of benzene rings is 2. The van der Waals surface area contributed by atoms with Crippen LogP contribution in [0.4, 0.5) is 5.82 Å². The van der Waals surface area contributed by atoms with Crippen LogP contribution in [-0.4, -0.2) is 36.0 Å². The largest absolute Gasteiger partial charge is 0.362 e. The number of hydrogen-bond acceptors (Lipinski definition) is 4. The molecule has 0 radical (unpaired) electrons. The number of nitrogens with zero attached hydrogens (tertiary/aromatic N) is 4. The molecule has 0 unspecified atom stereocenters. The number of rotatable bonds is 7. The third-order valence-corrected chi connectivity index (χ3v) is 7.12. The van der Waals surface area contributed by atoms with E-state index in [2.05, 4.69) is 94.2 Å². The van der Waals surface area contributed by atoms with Crippen molar-refractivity contribution in [2.75, 3.05) is 26.0 Å². The van der Waals surface area contributed by atoms with Crippen molar-refractivity contribution >= 4 is 5.82 Å². The summed E-state index contributed by atoms with van der Waals surface area (Å²) in [6.07, 6.45) is 5.60. The molecule has 2 aromatic carbocycles. The van der Waals surface area contributed by atoms with E-state index in [0.29, 0.717) is 6.04 Å². The minimum atomic E-state index is 0.441. The Kier molecular flexibility index (Phi) is 7.14. The highest BCUT2D eigenvalue weighted by molar-refractivity contribution is 5.67. The molecule has 0 spiro atoms. The van der Waals surface area contributed by atoms with E-state index in [1.807, 2.05) is 0 Å². The first-order chi connectivity index (χ1) is 15.9. The van der Waals surface area contributed by atoms with Gasteiger partial charge in [-0.3, -0.25) is 4.90 Å². The smallest absolute Gasteiger partial charge is 0.162 e. The highest BCUT2D eigenvalue weighted by atomic mass is 15.2. The van der Waals surface area contributed by atoms with Gasteiger partial charge >= 0.3 is 0 Å². The van der Waals surface area contributed by atoms with Gasteiger partial charge in [0.1, 0.15) is 5.82 Å². The van der Waals surface area contributed by atoms with Gasteiger partial charge in [-0.05, 0) is 68.3 Å². The summed E-state index contributed by atoms with van der Waals surface area (Å²) in [5.41, 5.74) is 9.14. The van der Waals surface area contributed by atoms with E-state index in [4.69, 9.17) is 9.97 Å². The predicted molar refractivity (Wildman–Crippen MR) is 139 cm³/mol. The molecule has 0 N–H and O–H groups in total. The maximum atomic E-state index is 5.15. The van der Waals surface area contributed by atoms with Crippen LogP contribution in [0.1, 0.15) is 66.2 Å². The van der Waals surface area contributed by atoms with Gasteiger partial charge in [-0.25, -0.2) is 9.97 Å². The maximum absolute atomic E-state index is 5.15. The quantitative estimate of drug-likeness (QED) is 0.439. The zero-order chi connectivity index (χ0) is 23.5. The van der Waals surface area contributed by atoms with Crippen LogP contribution in [0, 0.1) is 6.92 Å². The first kappa shape index (κ1) is 23.4. The number of aryl methyl sites for hydroxylation is 4. The highest BCUT2D eigenvalue weighted by Gasteiger charge is 2.26. The Morgan fingerprint density at radius 2 is 1.61 bits per heavy atom. The molecule has 3 aromatic rings. The zero-order valence-electron chi connectivity index (χ0n) is 21.2. The summed E-state index contributed by atoms with van der Waals surface area (Å²) in [5, 5.41) is 0. The molecule has 4 heteroatoms. The highest BCUT2D eigenvalue weighted by Crippen LogP contribution is 2.36. The third-order valence-electron chi connectivity index (χ3n) is 7.12. The topological polar surface area (TPSA) is 32.3 Å². The summed E-state index contributed by atoms with van der Waals surface area (Å²) in [6, 6.07) is 16.0. The fraction of sp³-hybridized carbons (Fsp3) is 0.448. The van der Waals surface area contributed by atoms with E-state index in [1.54, 1.807) is 0 Å². The molecule has 0 aliphatic heterocycles. The van der Waals surface area contributed by atoms with E-state index < -0.39 is 0 Å². The standard InChI is InChI=1S/C29H38N4/c1-7-21-14-11-15-22(8-2)27(21)28-30-20(3)25(29(31-28)32(4)5)19-33(6)26-18-12-16-23-13-9-10-17-24(23)26/h9-11,13-15,17,26H,7-8,12,16,18-19H2,1-6H3/t26-/m0/s1. The van der Waals surface area contributed by atoms with Crippen molar-refractivity contribution in [3.8, 4) is 11.4 Å². The molecule has 1 atom stereocenters. The van der Waals surface area contributed by atoms with Crippen molar-refractivity contribution in [3.05, 3.63) is 76.0 Å². The van der Waals surface area contributed by atoms with E-state index in [1.165, 1.54) is 52.6 Å². The summed E-state index contributed by atoms with van der Waals surface area (Å²) in [5.74, 6) is 1.89. The van der Waals surface area contributed by atoms with Crippen molar-refractivity contribution in [2.45, 2.75) is 65.5 Å². The van der Waals surface area contributed by atoms with E-state index >= 15 is 0 Å². The molecule has 0 fully saturated rings. The fourth-order valence-corrected chi connectivity index (χ4v) is 5.32. The van der Waals surface area contributed by atoms with Gasteiger partial charge < -0.3 is 4.90 Å². The fourth-order valence-electron chi connectivity index (χ4n) is 5.32. The molecule has 0 bridgehead atoms. The van der Waals surface area contributed by atoms with Gasteiger partial charge in [0, 0.05) is 43.5 Å². The summed E-state index contributed by atoms with van der Waals surface area (Å²) in [6.45, 7) is 7.41. The first-order valence-corrected chi connectivity index (χ1v) is 12.4. The summed E-state index contributed by atoms with van der Waals surface area (Å²) < 4.78 is 0. The first-order valence-electron chi connectivity index (χ1n) is 12.4. The summed E-state index contributed by atoms with van der Waals surface area (Å²) in [4.78, 5) is 14.9. The van der Waals surface area contributed by atoms with Gasteiger partial charge in [0.25, 0.3) is 0 Å². The number of anilines is 1. The lowest BCUT2D eigenvalue weighted by atomic mass is 9.87.